The molecular weight excluding hydrogens is 387 g/mol. The molecular formula is C20H18Cl2N2O3. The summed E-state index contributed by atoms with van der Waals surface area (Å²) >= 11 is 12.2. The van der Waals surface area contributed by atoms with Crippen molar-refractivity contribution in [2.24, 2.45) is 0 Å². The fourth-order valence-electron chi connectivity index (χ4n) is 2.92. The molecule has 0 saturated heterocycles. The van der Waals surface area contributed by atoms with E-state index in [4.69, 9.17) is 27.9 Å². The Kier molecular flexibility index (Phi) is 6.04. The molecule has 0 fully saturated rings. The summed E-state index contributed by atoms with van der Waals surface area (Å²) in [5.41, 5.74) is 2.39. The van der Waals surface area contributed by atoms with Crippen molar-refractivity contribution in [2.75, 3.05) is 6.61 Å². The van der Waals surface area contributed by atoms with E-state index in [9.17, 15) is 9.59 Å². The van der Waals surface area contributed by atoms with E-state index >= 15 is 0 Å². The van der Waals surface area contributed by atoms with Gasteiger partial charge in [-0.25, -0.2) is 9.59 Å². The van der Waals surface area contributed by atoms with Crippen LogP contribution in [0.3, 0.4) is 0 Å². The Bertz CT molecular complexity index is 897. The molecule has 0 aromatic heterocycles. The highest BCUT2D eigenvalue weighted by atomic mass is 35.5. The van der Waals surface area contributed by atoms with E-state index in [2.05, 4.69) is 10.6 Å². The number of esters is 1. The number of nitrogens with one attached hydrogen (secondary N) is 2. The number of carbonyl (C=O) groups excluding carboxylic acids is 2. The fourth-order valence-corrected chi connectivity index (χ4v) is 3.43. The zero-order valence-corrected chi connectivity index (χ0v) is 16.1. The predicted octanol–water partition coefficient (Wildman–Crippen LogP) is 4.41. The second-order valence-corrected chi connectivity index (χ2v) is 6.95. The first-order valence-electron chi connectivity index (χ1n) is 8.40. The van der Waals surface area contributed by atoms with Crippen LogP contribution in [-0.2, 0) is 16.0 Å². The summed E-state index contributed by atoms with van der Waals surface area (Å²) in [7, 11) is 0. The van der Waals surface area contributed by atoms with Crippen molar-refractivity contribution in [1.29, 1.82) is 0 Å². The van der Waals surface area contributed by atoms with Crippen LogP contribution in [-0.4, -0.2) is 18.6 Å². The predicted molar refractivity (Wildman–Crippen MR) is 105 cm³/mol. The number of hydrogen-bond acceptors (Lipinski definition) is 3. The van der Waals surface area contributed by atoms with Gasteiger partial charge in [-0.15, -0.1) is 0 Å². The number of benzene rings is 2. The smallest absolute Gasteiger partial charge is 0.338 e. The maximum atomic E-state index is 12.7. The number of hydrogen-bond donors (Lipinski definition) is 2. The molecule has 7 heteroatoms. The van der Waals surface area contributed by atoms with E-state index in [0.29, 0.717) is 33.3 Å². The number of ether oxygens (including phenoxy) is 1. The summed E-state index contributed by atoms with van der Waals surface area (Å²) in [5, 5.41) is 6.16. The molecule has 0 aliphatic carbocycles. The standard InChI is InChI=1S/C20H18Cl2N2O3/c1-12-17(19(25)27-10-9-13-5-3-2-4-6-13)18(24-20(26)23-12)15-8-7-14(21)11-16(15)22/h2-8,11,18H,9-10H2,1H3,(H2,23,24,26). The second-order valence-electron chi connectivity index (χ2n) is 6.11. The molecule has 5 nitrogen and oxygen atoms in total. The number of allylic oxidation sites excluding steroid dienone is 1. The average molecular weight is 405 g/mol. The summed E-state index contributed by atoms with van der Waals surface area (Å²) in [6.45, 7) is 1.89. The van der Waals surface area contributed by atoms with Crippen LogP contribution in [0.25, 0.3) is 0 Å². The van der Waals surface area contributed by atoms with Crippen LogP contribution in [0.4, 0.5) is 4.79 Å². The van der Waals surface area contributed by atoms with Gasteiger partial charge in [0.15, 0.2) is 0 Å². The van der Waals surface area contributed by atoms with Crippen molar-refractivity contribution in [3.8, 4) is 0 Å². The first-order chi connectivity index (χ1) is 13.0. The number of amides is 2. The first kappa shape index (κ1) is 19.3. The minimum Gasteiger partial charge on any atom is -0.462 e. The molecule has 1 aliphatic heterocycles. The summed E-state index contributed by atoms with van der Waals surface area (Å²) in [6.07, 6.45) is 0.602. The molecule has 1 heterocycles. The highest BCUT2D eigenvalue weighted by molar-refractivity contribution is 6.35. The van der Waals surface area contributed by atoms with Crippen LogP contribution < -0.4 is 10.6 Å². The number of carbonyl (C=O) groups is 2. The van der Waals surface area contributed by atoms with E-state index in [0.717, 1.165) is 5.56 Å². The molecule has 1 unspecified atom stereocenters. The Morgan fingerprint density at radius 2 is 1.89 bits per heavy atom. The number of rotatable bonds is 5. The Morgan fingerprint density at radius 1 is 1.15 bits per heavy atom. The largest absolute Gasteiger partial charge is 0.462 e. The maximum absolute atomic E-state index is 12.7. The summed E-state index contributed by atoms with van der Waals surface area (Å²) < 4.78 is 5.45. The van der Waals surface area contributed by atoms with Gasteiger partial charge in [0.05, 0.1) is 18.2 Å². The van der Waals surface area contributed by atoms with Crippen molar-refractivity contribution in [2.45, 2.75) is 19.4 Å². The van der Waals surface area contributed by atoms with Crippen LogP contribution in [0.1, 0.15) is 24.1 Å². The first-order valence-corrected chi connectivity index (χ1v) is 9.15. The van der Waals surface area contributed by atoms with Crippen LogP contribution >= 0.6 is 23.2 Å². The van der Waals surface area contributed by atoms with E-state index in [1.807, 2.05) is 30.3 Å². The van der Waals surface area contributed by atoms with Crippen LogP contribution in [0.5, 0.6) is 0 Å². The topological polar surface area (TPSA) is 67.4 Å². The zero-order valence-electron chi connectivity index (χ0n) is 14.6. The minimum atomic E-state index is -0.715. The van der Waals surface area contributed by atoms with Gasteiger partial charge in [-0.05, 0) is 30.2 Å². The van der Waals surface area contributed by atoms with Gasteiger partial charge in [0.1, 0.15) is 0 Å². The van der Waals surface area contributed by atoms with E-state index in [1.54, 1.807) is 25.1 Å². The molecule has 0 saturated carbocycles. The van der Waals surface area contributed by atoms with Gasteiger partial charge in [-0.1, -0.05) is 59.6 Å². The number of halogens is 2. The van der Waals surface area contributed by atoms with Crippen molar-refractivity contribution in [3.63, 3.8) is 0 Å². The lowest BCUT2D eigenvalue weighted by atomic mass is 9.95. The van der Waals surface area contributed by atoms with E-state index in [-0.39, 0.29) is 6.61 Å². The zero-order chi connectivity index (χ0) is 19.4. The minimum absolute atomic E-state index is 0.231. The Balaban J connectivity index is 1.80. The quantitative estimate of drug-likeness (QED) is 0.725. The van der Waals surface area contributed by atoms with Gasteiger partial charge in [-0.2, -0.15) is 0 Å². The Labute approximate surface area is 167 Å². The molecule has 1 atom stereocenters. The molecule has 0 spiro atoms. The third-order valence-electron chi connectivity index (χ3n) is 4.23. The molecule has 27 heavy (non-hydrogen) atoms. The highest BCUT2D eigenvalue weighted by Crippen LogP contribution is 2.33. The highest BCUT2D eigenvalue weighted by Gasteiger charge is 2.33. The average Bonchev–Trinajstić information content (AvgIpc) is 2.62. The van der Waals surface area contributed by atoms with Crippen LogP contribution in [0, 0.1) is 0 Å². The van der Waals surface area contributed by atoms with Crippen molar-refractivity contribution < 1.29 is 14.3 Å². The number of urea groups is 1. The third-order valence-corrected chi connectivity index (χ3v) is 4.79. The van der Waals surface area contributed by atoms with E-state index < -0.39 is 18.0 Å². The van der Waals surface area contributed by atoms with Gasteiger partial charge < -0.3 is 15.4 Å². The molecule has 140 valence electrons. The molecule has 2 amide bonds. The third kappa shape index (κ3) is 4.62. The van der Waals surface area contributed by atoms with Gasteiger partial charge >= 0.3 is 12.0 Å². The maximum Gasteiger partial charge on any atom is 0.338 e. The van der Waals surface area contributed by atoms with Crippen LogP contribution in [0.2, 0.25) is 10.0 Å². The molecule has 2 aromatic rings. The molecule has 1 aliphatic rings. The van der Waals surface area contributed by atoms with Crippen LogP contribution in [0.15, 0.2) is 59.8 Å². The molecule has 2 N–H and O–H groups in total. The lowest BCUT2D eigenvalue weighted by Crippen LogP contribution is -2.45. The van der Waals surface area contributed by atoms with Crippen molar-refractivity contribution in [1.82, 2.24) is 10.6 Å². The van der Waals surface area contributed by atoms with Gasteiger partial charge in [-0.3, -0.25) is 0 Å². The van der Waals surface area contributed by atoms with Gasteiger partial charge in [0, 0.05) is 22.2 Å². The lowest BCUT2D eigenvalue weighted by Gasteiger charge is -2.28. The summed E-state index contributed by atoms with van der Waals surface area (Å²) in [6, 6.07) is 13.5. The molecule has 0 bridgehead atoms. The van der Waals surface area contributed by atoms with Crippen molar-refractivity contribution >= 4 is 35.2 Å². The summed E-state index contributed by atoms with van der Waals surface area (Å²) in [5.74, 6) is -0.507. The normalized spacial score (nSPS) is 16.6. The Hall–Kier alpha value is -2.50. The molecule has 0 radical (unpaired) electrons. The van der Waals surface area contributed by atoms with E-state index in [1.165, 1.54) is 0 Å². The fraction of sp³-hybridized carbons (Fsp3) is 0.200. The lowest BCUT2D eigenvalue weighted by molar-refractivity contribution is -0.139. The molecule has 3 rings (SSSR count). The second kappa shape index (κ2) is 8.46. The van der Waals surface area contributed by atoms with Gasteiger partial charge in [0.2, 0.25) is 0 Å². The molecule has 2 aromatic carbocycles. The van der Waals surface area contributed by atoms with Gasteiger partial charge in [0.25, 0.3) is 0 Å². The Morgan fingerprint density at radius 3 is 2.59 bits per heavy atom. The SMILES string of the molecule is CC1=C(C(=O)OCCc2ccccc2)C(c2ccc(Cl)cc2Cl)NC(=O)N1. The summed E-state index contributed by atoms with van der Waals surface area (Å²) in [4.78, 5) is 24.7. The monoisotopic (exact) mass is 404 g/mol. The van der Waals surface area contributed by atoms with Crippen molar-refractivity contribution in [3.05, 3.63) is 81.0 Å².